The van der Waals surface area contributed by atoms with Crippen LogP contribution in [-0.2, 0) is 0 Å². The Morgan fingerprint density at radius 1 is 1.15 bits per heavy atom. The number of methoxy groups -OCH3 is 2. The summed E-state index contributed by atoms with van der Waals surface area (Å²) in [4.78, 5) is 32.0. The van der Waals surface area contributed by atoms with E-state index in [1.165, 1.54) is 31.6 Å². The summed E-state index contributed by atoms with van der Waals surface area (Å²) in [5.74, 6) is -0.294. The van der Waals surface area contributed by atoms with Crippen LogP contribution in [-0.4, -0.2) is 35.0 Å². The maximum atomic E-state index is 12.7. The van der Waals surface area contributed by atoms with Gasteiger partial charge in [-0.25, -0.2) is 4.98 Å². The summed E-state index contributed by atoms with van der Waals surface area (Å²) in [6.07, 6.45) is 0. The number of pyridine rings is 1. The number of anilines is 1. The molecule has 1 amide bonds. The van der Waals surface area contributed by atoms with Crippen LogP contribution in [0.1, 0.15) is 21.6 Å². The Bertz CT molecular complexity index is 1060. The van der Waals surface area contributed by atoms with Crippen molar-refractivity contribution in [1.29, 1.82) is 0 Å². The minimum absolute atomic E-state index is 0.155. The number of carbonyl (C=O) groups is 1. The molecule has 0 aliphatic carbocycles. The molecule has 10 heteroatoms. The number of nitro groups is 1. The normalized spacial score (nSPS) is 10.7. The number of nitrogens with zero attached hydrogens (tertiary/aromatic N) is 3. The van der Waals surface area contributed by atoms with E-state index in [1.54, 1.807) is 0 Å². The number of aryl methyl sites for hydroxylation is 2. The molecule has 0 fully saturated rings. The first-order chi connectivity index (χ1) is 12.8. The molecule has 0 aliphatic heterocycles. The molecule has 9 nitrogen and oxygen atoms in total. The van der Waals surface area contributed by atoms with E-state index in [9.17, 15) is 14.9 Å². The van der Waals surface area contributed by atoms with Gasteiger partial charge in [-0.15, -0.1) is 0 Å². The number of ether oxygens (including phenoxy) is 2. The lowest BCUT2D eigenvalue weighted by Crippen LogP contribution is -2.14. The second-order valence-electron chi connectivity index (χ2n) is 5.69. The van der Waals surface area contributed by atoms with E-state index in [2.05, 4.69) is 15.3 Å². The fourth-order valence-electron chi connectivity index (χ4n) is 2.64. The quantitative estimate of drug-likeness (QED) is 0.525. The predicted octanol–water partition coefficient (Wildman–Crippen LogP) is 3.49. The number of aromatic nitrogens is 2. The molecule has 0 spiro atoms. The highest BCUT2D eigenvalue weighted by atomic mass is 32.1. The first-order valence-electron chi connectivity index (χ1n) is 7.80. The largest absolute Gasteiger partial charge is 0.493 e. The molecule has 0 atom stereocenters. The van der Waals surface area contributed by atoms with E-state index in [0.717, 1.165) is 22.0 Å². The average Bonchev–Trinajstić information content (AvgIpc) is 3.02. The fraction of sp³-hybridized carbons (Fsp3) is 0.235. The topological polar surface area (TPSA) is 116 Å². The number of hydrogen-bond donors (Lipinski definition) is 1. The third-order valence-electron chi connectivity index (χ3n) is 3.84. The maximum Gasteiger partial charge on any atom is 0.286 e. The van der Waals surface area contributed by atoms with Gasteiger partial charge >= 0.3 is 0 Å². The Hall–Kier alpha value is -3.27. The van der Waals surface area contributed by atoms with Crippen LogP contribution in [0, 0.1) is 24.0 Å². The highest BCUT2D eigenvalue weighted by molar-refractivity contribution is 7.22. The van der Waals surface area contributed by atoms with Gasteiger partial charge in [-0.05, 0) is 25.5 Å². The summed E-state index contributed by atoms with van der Waals surface area (Å²) in [6, 6.07) is 4.35. The molecule has 0 saturated heterocycles. The molecule has 140 valence electrons. The number of hydrogen-bond acceptors (Lipinski definition) is 8. The summed E-state index contributed by atoms with van der Waals surface area (Å²) in [5, 5.41) is 14.3. The molecule has 3 aromatic rings. The van der Waals surface area contributed by atoms with Gasteiger partial charge in [-0.2, -0.15) is 4.98 Å². The lowest BCUT2D eigenvalue weighted by Gasteiger charge is -2.10. The van der Waals surface area contributed by atoms with Gasteiger partial charge in [-0.1, -0.05) is 11.3 Å². The lowest BCUT2D eigenvalue weighted by atomic mass is 10.1. The second-order valence-corrected chi connectivity index (χ2v) is 6.69. The minimum Gasteiger partial charge on any atom is -0.493 e. The summed E-state index contributed by atoms with van der Waals surface area (Å²) in [5.41, 5.74) is 1.79. The van der Waals surface area contributed by atoms with Gasteiger partial charge in [-0.3, -0.25) is 20.2 Å². The van der Waals surface area contributed by atoms with E-state index in [0.29, 0.717) is 10.8 Å². The van der Waals surface area contributed by atoms with Gasteiger partial charge in [0.25, 0.3) is 11.6 Å². The smallest absolute Gasteiger partial charge is 0.286 e. The van der Waals surface area contributed by atoms with Crippen molar-refractivity contribution in [3.05, 3.63) is 45.1 Å². The zero-order valence-corrected chi connectivity index (χ0v) is 15.8. The van der Waals surface area contributed by atoms with Crippen LogP contribution in [0.15, 0.2) is 18.2 Å². The molecule has 3 rings (SSSR count). The van der Waals surface area contributed by atoms with E-state index >= 15 is 0 Å². The Kier molecular flexibility index (Phi) is 4.91. The number of carbonyl (C=O) groups excluding carboxylic acids is 1. The van der Waals surface area contributed by atoms with Crippen molar-refractivity contribution < 1.29 is 19.2 Å². The van der Waals surface area contributed by atoms with Gasteiger partial charge < -0.3 is 9.47 Å². The Balaban J connectivity index is 2.01. The monoisotopic (exact) mass is 388 g/mol. The summed E-state index contributed by atoms with van der Waals surface area (Å²) >= 11 is 1.26. The van der Waals surface area contributed by atoms with Crippen molar-refractivity contribution in [3.8, 4) is 11.5 Å². The molecule has 0 saturated carbocycles. The van der Waals surface area contributed by atoms with Crippen molar-refractivity contribution >= 4 is 38.4 Å². The zero-order valence-electron chi connectivity index (χ0n) is 15.0. The van der Waals surface area contributed by atoms with Crippen LogP contribution in [0.2, 0.25) is 0 Å². The van der Waals surface area contributed by atoms with Crippen LogP contribution in [0.3, 0.4) is 0 Å². The van der Waals surface area contributed by atoms with Crippen LogP contribution in [0.5, 0.6) is 11.5 Å². The number of thiazole rings is 1. The van der Waals surface area contributed by atoms with E-state index < -0.39 is 16.5 Å². The van der Waals surface area contributed by atoms with Crippen LogP contribution in [0.25, 0.3) is 10.3 Å². The number of nitrogens with one attached hydrogen (secondary N) is 1. The molecule has 0 bridgehead atoms. The summed E-state index contributed by atoms with van der Waals surface area (Å²) in [7, 11) is 2.75. The summed E-state index contributed by atoms with van der Waals surface area (Å²) < 4.78 is 11.0. The molecule has 1 aromatic carbocycles. The highest BCUT2D eigenvalue weighted by Gasteiger charge is 2.25. The van der Waals surface area contributed by atoms with Crippen molar-refractivity contribution in [2.45, 2.75) is 13.8 Å². The molecule has 0 aliphatic rings. The first-order valence-corrected chi connectivity index (χ1v) is 8.62. The van der Waals surface area contributed by atoms with Crippen LogP contribution < -0.4 is 14.8 Å². The summed E-state index contributed by atoms with van der Waals surface area (Å²) in [6.45, 7) is 3.79. The first kappa shape index (κ1) is 18.5. The lowest BCUT2D eigenvalue weighted by molar-refractivity contribution is -0.385. The Labute approximate surface area is 158 Å². The van der Waals surface area contributed by atoms with E-state index in [4.69, 9.17) is 9.47 Å². The van der Waals surface area contributed by atoms with Crippen LogP contribution in [0.4, 0.5) is 10.8 Å². The number of amides is 1. The minimum atomic E-state index is -0.670. The van der Waals surface area contributed by atoms with Gasteiger partial charge in [0.15, 0.2) is 22.3 Å². The number of benzene rings is 1. The molecular formula is C17H16N4O5S. The standard InChI is InChI=1S/C17H16N4O5S/c1-8-5-9(2)18-15-14(8)27-17(19-15)20-16(22)10-6-12(25-3)13(26-4)7-11(10)21(23)24/h5-7H,1-4H3,(H,18,19,20,22). The van der Waals surface area contributed by atoms with Crippen molar-refractivity contribution in [3.63, 3.8) is 0 Å². The molecular weight excluding hydrogens is 372 g/mol. The third kappa shape index (κ3) is 3.51. The van der Waals surface area contributed by atoms with E-state index in [-0.39, 0.29) is 17.1 Å². The number of nitro benzene ring substituents is 1. The zero-order chi connectivity index (χ0) is 19.7. The van der Waals surface area contributed by atoms with Crippen molar-refractivity contribution in [2.24, 2.45) is 0 Å². The molecule has 0 radical (unpaired) electrons. The Morgan fingerprint density at radius 2 is 1.81 bits per heavy atom. The average molecular weight is 388 g/mol. The van der Waals surface area contributed by atoms with Gasteiger partial charge in [0, 0.05) is 11.8 Å². The molecule has 2 heterocycles. The molecule has 1 N–H and O–H groups in total. The van der Waals surface area contributed by atoms with Gasteiger partial charge in [0.1, 0.15) is 5.56 Å². The third-order valence-corrected chi connectivity index (χ3v) is 4.93. The van der Waals surface area contributed by atoms with E-state index in [1.807, 2.05) is 19.9 Å². The molecule has 27 heavy (non-hydrogen) atoms. The number of fused-ring (bicyclic) bond motifs is 1. The van der Waals surface area contributed by atoms with Gasteiger partial charge in [0.05, 0.1) is 29.9 Å². The van der Waals surface area contributed by atoms with Crippen molar-refractivity contribution in [2.75, 3.05) is 19.5 Å². The molecule has 0 unspecified atom stereocenters. The maximum absolute atomic E-state index is 12.7. The van der Waals surface area contributed by atoms with Crippen molar-refractivity contribution in [1.82, 2.24) is 9.97 Å². The second kappa shape index (κ2) is 7.16. The Morgan fingerprint density at radius 3 is 2.44 bits per heavy atom. The highest BCUT2D eigenvalue weighted by Crippen LogP contribution is 2.35. The fourth-order valence-corrected chi connectivity index (χ4v) is 3.51. The van der Waals surface area contributed by atoms with Gasteiger partial charge in [0.2, 0.25) is 0 Å². The SMILES string of the molecule is COc1cc(C(=O)Nc2nc3nc(C)cc(C)c3s2)c([N+](=O)[O-])cc1OC. The molecule has 2 aromatic heterocycles. The predicted molar refractivity (Wildman–Crippen MR) is 101 cm³/mol. The van der Waals surface area contributed by atoms with Crippen LogP contribution >= 0.6 is 11.3 Å². The number of rotatable bonds is 5.